The quantitative estimate of drug-likeness (QED) is 0.780. The minimum absolute atomic E-state index is 0.291. The van der Waals surface area contributed by atoms with Gasteiger partial charge in [-0.15, -0.1) is 0 Å². The van der Waals surface area contributed by atoms with E-state index in [9.17, 15) is 5.11 Å². The van der Waals surface area contributed by atoms with Crippen LogP contribution in [-0.4, -0.2) is 0 Å². The molecule has 2 aliphatic rings. The highest BCUT2D eigenvalue weighted by Gasteiger charge is 2.14. The summed E-state index contributed by atoms with van der Waals surface area (Å²) in [6.07, 6.45) is 13.8. The molecule has 0 saturated heterocycles. The number of hydrogen-bond donors (Lipinski definition) is 0. The zero-order valence-corrected chi connectivity index (χ0v) is 11.5. The van der Waals surface area contributed by atoms with Crippen LogP contribution < -0.4 is 9.84 Å². The van der Waals surface area contributed by atoms with Gasteiger partial charge >= 0.3 is 0 Å². The normalized spacial score (nSPS) is 18.5. The molecule has 20 heavy (non-hydrogen) atoms. The Labute approximate surface area is 120 Å². The Morgan fingerprint density at radius 1 is 0.950 bits per heavy atom. The van der Waals surface area contributed by atoms with Gasteiger partial charge in [-0.2, -0.15) is 0 Å². The SMILES string of the molecule is [O-]C(Oc1ccc(C2CCCCC2)cc1)=C1C=CC=C1. The molecule has 2 aliphatic carbocycles. The number of rotatable bonds is 3. The van der Waals surface area contributed by atoms with E-state index in [1.807, 2.05) is 24.3 Å². The van der Waals surface area contributed by atoms with Gasteiger partial charge in [0.1, 0.15) is 0 Å². The van der Waals surface area contributed by atoms with Gasteiger partial charge in [0.2, 0.25) is 0 Å². The lowest BCUT2D eigenvalue weighted by molar-refractivity contribution is -0.343. The summed E-state index contributed by atoms with van der Waals surface area (Å²) in [6, 6.07) is 8.02. The number of ether oxygens (including phenoxy) is 1. The standard InChI is InChI=1S/C18H20O2/c19-18(16-8-4-5-9-16)20-17-12-10-15(11-13-17)14-6-2-1-3-7-14/h4-5,8-14,19H,1-3,6-7H2/p-1. The van der Waals surface area contributed by atoms with Crippen LogP contribution in [0.5, 0.6) is 5.75 Å². The van der Waals surface area contributed by atoms with Crippen molar-refractivity contribution in [1.29, 1.82) is 0 Å². The first-order valence-electron chi connectivity index (χ1n) is 7.37. The third kappa shape index (κ3) is 2.96. The molecule has 2 nitrogen and oxygen atoms in total. The molecule has 0 unspecified atom stereocenters. The Hall–Kier alpha value is -1.96. The second-order valence-electron chi connectivity index (χ2n) is 5.47. The third-order valence-electron chi connectivity index (χ3n) is 4.07. The molecule has 1 aromatic rings. The number of hydrogen-bond acceptors (Lipinski definition) is 2. The van der Waals surface area contributed by atoms with E-state index in [1.165, 1.54) is 37.7 Å². The van der Waals surface area contributed by atoms with E-state index < -0.39 is 0 Å². The van der Waals surface area contributed by atoms with E-state index >= 15 is 0 Å². The van der Waals surface area contributed by atoms with Crippen molar-refractivity contribution in [2.45, 2.75) is 38.0 Å². The van der Waals surface area contributed by atoms with Crippen LogP contribution >= 0.6 is 0 Å². The average molecular weight is 267 g/mol. The topological polar surface area (TPSA) is 32.3 Å². The zero-order chi connectivity index (χ0) is 13.8. The Balaban J connectivity index is 1.68. The predicted molar refractivity (Wildman–Crippen MR) is 78.2 cm³/mol. The molecular weight excluding hydrogens is 248 g/mol. The van der Waals surface area contributed by atoms with Crippen LogP contribution in [0.15, 0.2) is 60.1 Å². The molecule has 1 saturated carbocycles. The molecule has 104 valence electrons. The predicted octanol–water partition coefficient (Wildman–Crippen LogP) is 3.81. The highest BCUT2D eigenvalue weighted by Crippen LogP contribution is 2.33. The summed E-state index contributed by atoms with van der Waals surface area (Å²) in [5, 5.41) is 11.8. The third-order valence-corrected chi connectivity index (χ3v) is 4.07. The molecule has 0 amide bonds. The highest BCUT2D eigenvalue weighted by molar-refractivity contribution is 5.41. The second kappa shape index (κ2) is 6.00. The summed E-state index contributed by atoms with van der Waals surface area (Å²) >= 11 is 0. The van der Waals surface area contributed by atoms with Crippen molar-refractivity contribution in [3.63, 3.8) is 0 Å². The second-order valence-corrected chi connectivity index (χ2v) is 5.47. The zero-order valence-electron chi connectivity index (χ0n) is 11.5. The fourth-order valence-corrected chi connectivity index (χ4v) is 2.92. The van der Waals surface area contributed by atoms with Gasteiger partial charge in [-0.1, -0.05) is 55.7 Å². The summed E-state index contributed by atoms with van der Waals surface area (Å²) in [5.74, 6) is 1.01. The summed E-state index contributed by atoms with van der Waals surface area (Å²) in [5.41, 5.74) is 1.97. The summed E-state index contributed by atoms with van der Waals surface area (Å²) in [4.78, 5) is 0. The number of benzene rings is 1. The minimum Gasteiger partial charge on any atom is -0.579 e. The fraction of sp³-hybridized carbons (Fsp3) is 0.333. The van der Waals surface area contributed by atoms with Gasteiger partial charge in [-0.3, -0.25) is 0 Å². The Morgan fingerprint density at radius 3 is 2.25 bits per heavy atom. The molecule has 0 atom stereocenters. The molecular formula is C18H19O2-. The van der Waals surface area contributed by atoms with Crippen molar-refractivity contribution in [1.82, 2.24) is 0 Å². The van der Waals surface area contributed by atoms with Crippen molar-refractivity contribution in [2.24, 2.45) is 0 Å². The van der Waals surface area contributed by atoms with Gasteiger partial charge in [0.25, 0.3) is 0 Å². The van der Waals surface area contributed by atoms with Crippen LogP contribution in [0, 0.1) is 0 Å². The summed E-state index contributed by atoms with van der Waals surface area (Å²) in [7, 11) is 0. The first kappa shape index (κ1) is 13.0. The maximum absolute atomic E-state index is 11.8. The van der Waals surface area contributed by atoms with Crippen molar-refractivity contribution >= 4 is 0 Å². The molecule has 0 N–H and O–H groups in total. The lowest BCUT2D eigenvalue weighted by Gasteiger charge is -2.23. The highest BCUT2D eigenvalue weighted by atomic mass is 16.6. The van der Waals surface area contributed by atoms with Gasteiger partial charge in [0.15, 0.2) is 0 Å². The summed E-state index contributed by atoms with van der Waals surface area (Å²) in [6.45, 7) is 0. The molecule has 0 aliphatic heterocycles. The smallest absolute Gasteiger partial charge is 0.0633 e. The monoisotopic (exact) mass is 267 g/mol. The molecule has 0 heterocycles. The van der Waals surface area contributed by atoms with Gasteiger partial charge < -0.3 is 9.84 Å². The van der Waals surface area contributed by atoms with E-state index in [1.54, 1.807) is 12.2 Å². The molecule has 2 heteroatoms. The lowest BCUT2D eigenvalue weighted by Crippen LogP contribution is -2.13. The van der Waals surface area contributed by atoms with E-state index in [0.29, 0.717) is 17.2 Å². The van der Waals surface area contributed by atoms with Crippen LogP contribution in [0.25, 0.3) is 0 Å². The van der Waals surface area contributed by atoms with Gasteiger partial charge in [0.05, 0.1) is 5.95 Å². The van der Waals surface area contributed by atoms with Crippen LogP contribution in [0.4, 0.5) is 0 Å². The largest absolute Gasteiger partial charge is 0.579 e. The summed E-state index contributed by atoms with van der Waals surface area (Å²) < 4.78 is 5.36. The first-order valence-corrected chi connectivity index (χ1v) is 7.37. The Kier molecular flexibility index (Phi) is 3.91. The average Bonchev–Trinajstić information content (AvgIpc) is 3.03. The first-order chi connectivity index (χ1) is 9.83. The van der Waals surface area contributed by atoms with Gasteiger partial charge in [-0.25, -0.2) is 0 Å². The van der Waals surface area contributed by atoms with E-state index in [-0.39, 0.29) is 5.95 Å². The maximum Gasteiger partial charge on any atom is 0.0633 e. The molecule has 0 aromatic heterocycles. The number of allylic oxidation sites excluding steroid dienone is 5. The van der Waals surface area contributed by atoms with Crippen molar-refractivity contribution in [3.8, 4) is 5.75 Å². The molecule has 0 spiro atoms. The molecule has 1 fully saturated rings. The van der Waals surface area contributed by atoms with Crippen LogP contribution in [0.2, 0.25) is 0 Å². The van der Waals surface area contributed by atoms with E-state index in [4.69, 9.17) is 4.74 Å². The molecule has 3 rings (SSSR count). The minimum atomic E-state index is -0.291. The van der Waals surface area contributed by atoms with Crippen LogP contribution in [0.1, 0.15) is 43.6 Å². The van der Waals surface area contributed by atoms with Crippen LogP contribution in [-0.2, 0) is 0 Å². The molecule has 1 aromatic carbocycles. The van der Waals surface area contributed by atoms with Crippen LogP contribution in [0.3, 0.4) is 0 Å². The van der Waals surface area contributed by atoms with Crippen molar-refractivity contribution < 1.29 is 9.84 Å². The molecule has 0 radical (unpaired) electrons. The van der Waals surface area contributed by atoms with Crippen molar-refractivity contribution in [3.05, 3.63) is 65.7 Å². The lowest BCUT2D eigenvalue weighted by atomic mass is 9.84. The van der Waals surface area contributed by atoms with Gasteiger partial charge in [0, 0.05) is 5.75 Å². The maximum atomic E-state index is 11.8. The fourth-order valence-electron chi connectivity index (χ4n) is 2.92. The van der Waals surface area contributed by atoms with E-state index in [0.717, 1.165) is 0 Å². The van der Waals surface area contributed by atoms with Crippen molar-refractivity contribution in [2.75, 3.05) is 0 Å². The van der Waals surface area contributed by atoms with E-state index in [2.05, 4.69) is 12.1 Å². The molecule has 0 bridgehead atoms. The Bertz CT molecular complexity index is 529. The Morgan fingerprint density at radius 2 is 1.60 bits per heavy atom. The van der Waals surface area contributed by atoms with Gasteiger partial charge in [-0.05, 0) is 42.0 Å².